The molecule has 2 amide bonds. The van der Waals surface area contributed by atoms with Crippen molar-refractivity contribution < 1.29 is 14.3 Å². The van der Waals surface area contributed by atoms with Crippen molar-refractivity contribution in [3.8, 4) is 5.75 Å². The maximum Gasteiger partial charge on any atom is 0.241 e. The molecule has 6 nitrogen and oxygen atoms in total. The van der Waals surface area contributed by atoms with Crippen LogP contribution in [0.1, 0.15) is 5.56 Å². The molecule has 0 aliphatic carbocycles. The predicted molar refractivity (Wildman–Crippen MR) is 110 cm³/mol. The van der Waals surface area contributed by atoms with Gasteiger partial charge in [-0.2, -0.15) is 0 Å². The van der Waals surface area contributed by atoms with Crippen molar-refractivity contribution in [2.75, 3.05) is 45.7 Å². The predicted octanol–water partition coefficient (Wildman–Crippen LogP) is 2.04. The molecule has 2 aromatic carbocycles. The molecule has 3 rings (SSSR count). The minimum atomic E-state index is -0.0101. The van der Waals surface area contributed by atoms with E-state index in [0.717, 1.165) is 17.9 Å². The second-order valence-electron chi connectivity index (χ2n) is 7.24. The fourth-order valence-corrected chi connectivity index (χ4v) is 3.42. The number of ether oxygens (including phenoxy) is 1. The third-order valence-electron chi connectivity index (χ3n) is 5.07. The highest BCUT2D eigenvalue weighted by Crippen LogP contribution is 2.25. The molecular weight excluding hydrogens is 354 g/mol. The van der Waals surface area contributed by atoms with Gasteiger partial charge in [0.1, 0.15) is 5.75 Å². The lowest BCUT2D eigenvalue weighted by Crippen LogP contribution is -2.58. The second kappa shape index (κ2) is 8.89. The van der Waals surface area contributed by atoms with E-state index >= 15 is 0 Å². The number of amides is 2. The van der Waals surface area contributed by atoms with Gasteiger partial charge < -0.3 is 14.5 Å². The van der Waals surface area contributed by atoms with Gasteiger partial charge in [0.05, 0.1) is 20.2 Å². The zero-order chi connectivity index (χ0) is 20.1. The minimum absolute atomic E-state index is 0.000641. The fraction of sp³-hybridized carbons (Fsp3) is 0.364. The van der Waals surface area contributed by atoms with E-state index in [1.807, 2.05) is 47.4 Å². The number of carbonyl (C=O) groups excluding carboxylic acids is 2. The van der Waals surface area contributed by atoms with Gasteiger partial charge in [-0.25, -0.2) is 0 Å². The maximum absolute atomic E-state index is 12.9. The Hall–Kier alpha value is -2.86. The van der Waals surface area contributed by atoms with E-state index in [2.05, 4.69) is 12.1 Å². The highest BCUT2D eigenvalue weighted by atomic mass is 16.5. The summed E-state index contributed by atoms with van der Waals surface area (Å²) in [6, 6.07) is 17.8. The van der Waals surface area contributed by atoms with Crippen LogP contribution in [0.2, 0.25) is 0 Å². The summed E-state index contributed by atoms with van der Waals surface area (Å²) in [5.74, 6) is 0.708. The molecule has 1 atom stereocenters. The standard InChI is InChI=1S/C22H27N3O3/c1-23(2)21(26)15-24-16-22(27)25(18-10-7-11-20(13-18)28-3)14-19(24)12-17-8-5-4-6-9-17/h4-11,13,19H,12,14-16H2,1-3H3/t19-/m1/s1. The number of methoxy groups -OCH3 is 1. The number of rotatable bonds is 6. The smallest absolute Gasteiger partial charge is 0.241 e. The first-order valence-electron chi connectivity index (χ1n) is 9.40. The first-order chi connectivity index (χ1) is 13.5. The molecule has 0 spiro atoms. The van der Waals surface area contributed by atoms with E-state index in [-0.39, 0.29) is 30.9 Å². The molecule has 0 N–H and O–H groups in total. The molecule has 148 valence electrons. The Kier molecular flexibility index (Phi) is 6.31. The number of nitrogens with zero attached hydrogens (tertiary/aromatic N) is 3. The van der Waals surface area contributed by atoms with Crippen LogP contribution in [0.4, 0.5) is 5.69 Å². The molecule has 28 heavy (non-hydrogen) atoms. The molecule has 1 aliphatic heterocycles. The van der Waals surface area contributed by atoms with Crippen molar-refractivity contribution >= 4 is 17.5 Å². The quantitative estimate of drug-likeness (QED) is 0.769. The third-order valence-corrected chi connectivity index (χ3v) is 5.07. The van der Waals surface area contributed by atoms with Crippen LogP contribution in [-0.2, 0) is 16.0 Å². The Morgan fingerprint density at radius 2 is 1.89 bits per heavy atom. The topological polar surface area (TPSA) is 53.1 Å². The Morgan fingerprint density at radius 1 is 1.14 bits per heavy atom. The molecule has 1 fully saturated rings. The van der Waals surface area contributed by atoms with Crippen molar-refractivity contribution in [2.45, 2.75) is 12.5 Å². The van der Waals surface area contributed by atoms with Crippen molar-refractivity contribution in [2.24, 2.45) is 0 Å². The van der Waals surface area contributed by atoms with Gasteiger partial charge in [0.15, 0.2) is 0 Å². The lowest BCUT2D eigenvalue weighted by molar-refractivity contribution is -0.132. The fourth-order valence-electron chi connectivity index (χ4n) is 3.42. The Morgan fingerprint density at radius 3 is 2.57 bits per heavy atom. The lowest BCUT2D eigenvalue weighted by Gasteiger charge is -2.41. The first-order valence-corrected chi connectivity index (χ1v) is 9.40. The van der Waals surface area contributed by atoms with E-state index in [1.54, 1.807) is 31.0 Å². The summed E-state index contributed by atoms with van der Waals surface area (Å²) >= 11 is 0. The first kappa shape index (κ1) is 19.9. The second-order valence-corrected chi connectivity index (χ2v) is 7.24. The number of hydrogen-bond acceptors (Lipinski definition) is 4. The van der Waals surface area contributed by atoms with Gasteiger partial charge in [-0.1, -0.05) is 36.4 Å². The summed E-state index contributed by atoms with van der Waals surface area (Å²) in [5.41, 5.74) is 2.01. The van der Waals surface area contributed by atoms with Gasteiger partial charge in [-0.05, 0) is 24.1 Å². The van der Waals surface area contributed by atoms with E-state index in [4.69, 9.17) is 4.74 Å². The van der Waals surface area contributed by atoms with Gasteiger partial charge >= 0.3 is 0 Å². The summed E-state index contributed by atoms with van der Waals surface area (Å²) in [5, 5.41) is 0. The van der Waals surface area contributed by atoms with E-state index in [0.29, 0.717) is 6.54 Å². The zero-order valence-corrected chi connectivity index (χ0v) is 16.7. The highest BCUT2D eigenvalue weighted by Gasteiger charge is 2.34. The van der Waals surface area contributed by atoms with Gasteiger partial charge in [-0.15, -0.1) is 0 Å². The van der Waals surface area contributed by atoms with E-state index < -0.39 is 0 Å². The average Bonchev–Trinajstić information content (AvgIpc) is 2.70. The minimum Gasteiger partial charge on any atom is -0.497 e. The Labute approximate surface area is 166 Å². The van der Waals surface area contributed by atoms with Crippen molar-refractivity contribution in [1.29, 1.82) is 0 Å². The SMILES string of the molecule is COc1cccc(N2C[C@@H](Cc3ccccc3)N(CC(=O)N(C)C)CC2=O)c1. The number of likely N-dealkylation sites (N-methyl/N-ethyl adjacent to an activating group) is 1. The maximum atomic E-state index is 12.9. The summed E-state index contributed by atoms with van der Waals surface area (Å²) in [4.78, 5) is 30.5. The molecule has 0 radical (unpaired) electrons. The molecule has 6 heteroatoms. The summed E-state index contributed by atoms with van der Waals surface area (Å²) in [6.07, 6.45) is 0.773. The Bertz CT molecular complexity index is 823. The average molecular weight is 381 g/mol. The number of anilines is 1. The van der Waals surface area contributed by atoms with Crippen LogP contribution in [0.3, 0.4) is 0 Å². The highest BCUT2D eigenvalue weighted by molar-refractivity contribution is 5.96. The van der Waals surface area contributed by atoms with E-state index in [9.17, 15) is 9.59 Å². The monoisotopic (exact) mass is 381 g/mol. The summed E-state index contributed by atoms with van der Waals surface area (Å²) in [7, 11) is 5.09. The lowest BCUT2D eigenvalue weighted by atomic mass is 10.0. The normalized spacial score (nSPS) is 17.5. The zero-order valence-electron chi connectivity index (χ0n) is 16.7. The largest absolute Gasteiger partial charge is 0.497 e. The molecule has 0 aromatic heterocycles. The number of hydrogen-bond donors (Lipinski definition) is 0. The van der Waals surface area contributed by atoms with Crippen LogP contribution in [-0.4, -0.2) is 68.5 Å². The summed E-state index contributed by atoms with van der Waals surface area (Å²) < 4.78 is 5.30. The van der Waals surface area contributed by atoms with Crippen LogP contribution in [0, 0.1) is 0 Å². The van der Waals surface area contributed by atoms with Crippen molar-refractivity contribution in [3.63, 3.8) is 0 Å². The van der Waals surface area contributed by atoms with Crippen molar-refractivity contribution in [1.82, 2.24) is 9.80 Å². The molecule has 0 saturated carbocycles. The Balaban J connectivity index is 1.84. The van der Waals surface area contributed by atoms with Crippen LogP contribution in [0.25, 0.3) is 0 Å². The van der Waals surface area contributed by atoms with Gasteiger partial charge in [0, 0.05) is 38.4 Å². The molecule has 1 heterocycles. The number of benzene rings is 2. The van der Waals surface area contributed by atoms with Crippen LogP contribution >= 0.6 is 0 Å². The molecular formula is C22H27N3O3. The third kappa shape index (κ3) is 4.70. The van der Waals surface area contributed by atoms with Gasteiger partial charge in [-0.3, -0.25) is 14.5 Å². The van der Waals surface area contributed by atoms with Gasteiger partial charge in [0.2, 0.25) is 11.8 Å². The molecule has 0 unspecified atom stereocenters. The molecule has 0 bridgehead atoms. The molecule has 1 saturated heterocycles. The van der Waals surface area contributed by atoms with E-state index in [1.165, 1.54) is 5.56 Å². The van der Waals surface area contributed by atoms with Crippen LogP contribution < -0.4 is 9.64 Å². The molecule has 1 aliphatic rings. The summed E-state index contributed by atoms with van der Waals surface area (Å²) in [6.45, 7) is 0.984. The van der Waals surface area contributed by atoms with Gasteiger partial charge in [0.25, 0.3) is 0 Å². The number of carbonyl (C=O) groups is 2. The van der Waals surface area contributed by atoms with Crippen LogP contribution in [0.5, 0.6) is 5.75 Å². The molecule has 2 aromatic rings. The van der Waals surface area contributed by atoms with Crippen molar-refractivity contribution in [3.05, 3.63) is 60.2 Å². The van der Waals surface area contributed by atoms with Crippen LogP contribution in [0.15, 0.2) is 54.6 Å². The number of piperazine rings is 1.